The molecule has 12 aromatic heterocycles. The highest BCUT2D eigenvalue weighted by Crippen LogP contribution is 2.57. The van der Waals surface area contributed by atoms with Gasteiger partial charge in [0.25, 0.3) is 0 Å². The summed E-state index contributed by atoms with van der Waals surface area (Å²) in [5, 5.41) is 17.5. The Labute approximate surface area is 632 Å². The zero-order valence-electron chi connectivity index (χ0n) is 64.0. The van der Waals surface area contributed by atoms with Crippen LogP contribution in [0.3, 0.4) is 0 Å². The molecule has 3 aliphatic carbocycles. The van der Waals surface area contributed by atoms with E-state index in [4.69, 9.17) is 17.2 Å². The third-order valence-electron chi connectivity index (χ3n) is 26.3. The second-order valence-electron chi connectivity index (χ2n) is 32.9. The quantitative estimate of drug-likeness (QED) is 0.0559. The number of carbonyl (C=O) groups excluding carboxylic acids is 3. The molecule has 3 saturated carbocycles. The van der Waals surface area contributed by atoms with Gasteiger partial charge in [-0.1, -0.05) is 49.0 Å². The van der Waals surface area contributed by atoms with Crippen LogP contribution in [-0.4, -0.2) is 147 Å². The van der Waals surface area contributed by atoms with Crippen molar-refractivity contribution in [2.24, 2.45) is 35.0 Å². The summed E-state index contributed by atoms with van der Waals surface area (Å²) < 4.78 is 5.68. The van der Waals surface area contributed by atoms with E-state index in [1.807, 2.05) is 68.3 Å². The van der Waals surface area contributed by atoms with Crippen LogP contribution in [0.25, 0.3) is 81.4 Å². The predicted molar refractivity (Wildman–Crippen MR) is 430 cm³/mol. The van der Waals surface area contributed by atoms with Gasteiger partial charge in [0, 0.05) is 104 Å². The maximum atomic E-state index is 11.8. The molecule has 24 heteroatoms. The number of pyridine rings is 3. The van der Waals surface area contributed by atoms with Crippen LogP contribution < -0.4 is 17.2 Å². The van der Waals surface area contributed by atoms with Gasteiger partial charge in [-0.05, 0) is 242 Å². The largest absolute Gasteiger partial charge is 0.368 e. The first-order valence-corrected chi connectivity index (χ1v) is 40.4. The Morgan fingerprint density at radius 2 is 0.651 bits per heavy atom. The van der Waals surface area contributed by atoms with Gasteiger partial charge in [-0.2, -0.15) is 15.3 Å². The minimum absolute atomic E-state index is 0. The molecule has 0 spiro atoms. The van der Waals surface area contributed by atoms with E-state index in [1.165, 1.54) is 165 Å². The van der Waals surface area contributed by atoms with Crippen molar-refractivity contribution in [1.82, 2.24) is 73.4 Å². The number of aromatic nitrogens is 12. The standard InChI is InChI=1S/3C27H34N6OS.CH4/c3*1-12(2)21-22-15(5)24(19-8-18-7-17(19)9-32(18)16(6)25(28)34)35-27(22)31-23(21)20-10-33-26(29-11-30-33)14(4)13(20)3;/h3*10-12,16-19,31H,7-9H2,1-6H3,(H2,28,34);1H4/t3*16-,17-,18-,19+;/m000./s1. The lowest BCUT2D eigenvalue weighted by Crippen LogP contribution is -2.47. The van der Waals surface area contributed by atoms with Crippen LogP contribution in [0.15, 0.2) is 37.6 Å². The minimum atomic E-state index is -0.210. The number of nitrogens with one attached hydrogen (secondary N) is 3. The maximum Gasteiger partial charge on any atom is 0.234 e. The van der Waals surface area contributed by atoms with Crippen molar-refractivity contribution in [2.45, 2.75) is 242 Å². The van der Waals surface area contributed by atoms with Crippen molar-refractivity contribution in [3.05, 3.63) is 119 Å². The van der Waals surface area contributed by atoms with Gasteiger partial charge in [0.1, 0.15) is 33.5 Å². The van der Waals surface area contributed by atoms with Crippen molar-refractivity contribution in [3.63, 3.8) is 0 Å². The fourth-order valence-electron chi connectivity index (χ4n) is 20.4. The second-order valence-corrected chi connectivity index (χ2v) is 36.0. The summed E-state index contributed by atoms with van der Waals surface area (Å²) in [6.45, 7) is 42.4. The fourth-order valence-corrected chi connectivity index (χ4v) is 24.7. The Morgan fingerprint density at radius 3 is 0.868 bits per heavy atom. The normalized spacial score (nSPS) is 23.1. The smallest absolute Gasteiger partial charge is 0.234 e. The monoisotopic (exact) mass is 1490 g/mol. The number of amides is 3. The van der Waals surface area contributed by atoms with Crippen molar-refractivity contribution < 1.29 is 14.4 Å². The molecule has 560 valence electrons. The summed E-state index contributed by atoms with van der Waals surface area (Å²) in [5.41, 5.74) is 42.5. The molecule has 12 aromatic rings. The molecule has 12 atom stereocenters. The van der Waals surface area contributed by atoms with E-state index in [0.717, 1.165) is 55.8 Å². The molecule has 6 fully saturated rings. The van der Waals surface area contributed by atoms with Gasteiger partial charge >= 0.3 is 0 Å². The summed E-state index contributed by atoms with van der Waals surface area (Å²) in [5.74, 6) is 4.05. The number of nitrogens with zero attached hydrogens (tertiary/aromatic N) is 12. The first-order valence-electron chi connectivity index (χ1n) is 38.0. The van der Waals surface area contributed by atoms with Gasteiger partial charge in [0.2, 0.25) is 17.7 Å². The number of rotatable bonds is 15. The van der Waals surface area contributed by atoms with Gasteiger partial charge < -0.3 is 32.2 Å². The summed E-state index contributed by atoms with van der Waals surface area (Å²) in [4.78, 5) is 75.6. The topological polar surface area (TPSA) is 277 Å². The van der Waals surface area contributed by atoms with E-state index in [1.54, 1.807) is 19.0 Å². The van der Waals surface area contributed by atoms with Gasteiger partial charge in [-0.3, -0.25) is 29.1 Å². The lowest BCUT2D eigenvalue weighted by Gasteiger charge is -2.34. The summed E-state index contributed by atoms with van der Waals surface area (Å²) in [6.07, 6.45) is 18.1. The number of primary amides is 3. The Hall–Kier alpha value is -8.13. The molecule has 21 nitrogen and oxygen atoms in total. The van der Waals surface area contributed by atoms with Crippen LogP contribution in [-0.2, 0) is 14.4 Å². The van der Waals surface area contributed by atoms with E-state index < -0.39 is 0 Å². The Bertz CT molecular complexity index is 4960. The van der Waals surface area contributed by atoms with Crippen molar-refractivity contribution in [3.8, 4) is 33.8 Å². The predicted octanol–water partition coefficient (Wildman–Crippen LogP) is 15.8. The highest BCUT2D eigenvalue weighted by Gasteiger charge is 2.51. The molecule has 3 saturated heterocycles. The molecule has 18 rings (SSSR count). The molecule has 3 aliphatic heterocycles. The summed E-state index contributed by atoms with van der Waals surface area (Å²) in [7, 11) is 0. The van der Waals surface area contributed by atoms with Crippen molar-refractivity contribution >= 4 is 99.3 Å². The number of nitrogens with two attached hydrogens (primary N) is 3. The van der Waals surface area contributed by atoms with E-state index in [0.29, 0.717) is 71.4 Å². The van der Waals surface area contributed by atoms with Gasteiger partial charge in [-0.25, -0.2) is 28.5 Å². The molecule has 0 radical (unpaired) electrons. The average Bonchev–Trinajstić information content (AvgIpc) is 1.58. The van der Waals surface area contributed by atoms with E-state index in [2.05, 4.69) is 182 Å². The molecule has 0 unspecified atom stereocenters. The fraction of sp³-hybridized carbons (Fsp3) is 0.524. The Kier molecular flexibility index (Phi) is 18.8. The van der Waals surface area contributed by atoms with Gasteiger partial charge in [0.05, 0.1) is 35.2 Å². The number of aryl methyl sites for hydroxylation is 6. The van der Waals surface area contributed by atoms with Crippen LogP contribution in [0, 0.1) is 80.1 Å². The number of carbonyl (C=O) groups is 3. The minimum Gasteiger partial charge on any atom is -0.368 e. The number of piperidine rings is 3. The summed E-state index contributed by atoms with van der Waals surface area (Å²) in [6, 6.07) is 0.879. The molecule has 3 amide bonds. The molecule has 6 bridgehead atoms. The maximum absolute atomic E-state index is 11.8. The number of likely N-dealkylation sites (tertiary alicyclic amines) is 3. The average molecular weight is 1490 g/mol. The van der Waals surface area contributed by atoms with E-state index in [-0.39, 0.29) is 43.3 Å². The summed E-state index contributed by atoms with van der Waals surface area (Å²) >= 11 is 5.82. The molecular formula is C82H106N18O3S3. The van der Waals surface area contributed by atoms with Gasteiger partial charge in [0.15, 0.2) is 16.9 Å². The first kappa shape index (κ1) is 73.4. The number of thiophene rings is 3. The molecule has 0 aromatic carbocycles. The van der Waals surface area contributed by atoms with Crippen LogP contribution in [0.5, 0.6) is 0 Å². The number of hydrogen-bond donors (Lipinski definition) is 6. The molecule has 9 N–H and O–H groups in total. The highest BCUT2D eigenvalue weighted by molar-refractivity contribution is 7.19. The third kappa shape index (κ3) is 11.5. The first-order chi connectivity index (χ1) is 50.0. The van der Waals surface area contributed by atoms with Crippen molar-refractivity contribution in [1.29, 1.82) is 0 Å². The van der Waals surface area contributed by atoms with Crippen LogP contribution >= 0.6 is 34.0 Å². The number of aromatic amines is 3. The lowest BCUT2D eigenvalue weighted by atomic mass is 9.88. The number of hydrogen-bond acceptors (Lipinski definition) is 15. The molecular weight excluding hydrogens is 1380 g/mol. The lowest BCUT2D eigenvalue weighted by molar-refractivity contribution is -0.124. The molecule has 6 aliphatic rings. The SMILES string of the molecule is C.Cc1c(-c2[nH]c3sc([C@@H]4C[C@@H]5C[C@H]4CN5[C@@H](C)C(N)=O)c(C)c3c2C(C)C)cn2ncnc2c1C.Cc1c(-c2[nH]c3sc([C@@H]4C[C@@H]5C[C@H]4CN5[C@@H](C)C(N)=O)c(C)c3c2C(C)C)cn2ncnc2c1C.Cc1c(-c2[nH]c3sc([C@@H]4C[C@@H]5C[C@H]4CN5[C@@H](C)C(N)=O)c(C)c3c2C(C)C)cn2ncnc2c1C. The molecule has 15 heterocycles. The van der Waals surface area contributed by atoms with Crippen LogP contribution in [0.1, 0.15) is 225 Å². The van der Waals surface area contributed by atoms with E-state index >= 15 is 0 Å². The second kappa shape index (κ2) is 27.2. The molecule has 106 heavy (non-hydrogen) atoms. The van der Waals surface area contributed by atoms with E-state index in [9.17, 15) is 14.4 Å². The zero-order chi connectivity index (χ0) is 74.3. The third-order valence-corrected chi connectivity index (χ3v) is 30.3. The van der Waals surface area contributed by atoms with Gasteiger partial charge in [-0.15, -0.1) is 34.0 Å². The number of fused-ring (bicyclic) bond motifs is 12. The zero-order valence-corrected chi connectivity index (χ0v) is 66.5. The van der Waals surface area contributed by atoms with Crippen LogP contribution in [0.4, 0.5) is 0 Å². The van der Waals surface area contributed by atoms with Crippen LogP contribution in [0.2, 0.25) is 0 Å². The highest BCUT2D eigenvalue weighted by atomic mass is 32.1. The Morgan fingerprint density at radius 1 is 0.396 bits per heavy atom. The number of H-pyrrole nitrogens is 3. The van der Waals surface area contributed by atoms with Crippen molar-refractivity contribution in [2.75, 3.05) is 19.6 Å². The Balaban J connectivity index is 0.000000127.